The second-order valence-corrected chi connectivity index (χ2v) is 4.95. The molecule has 2 aromatic carbocycles. The van der Waals surface area contributed by atoms with Crippen LogP contribution in [0.3, 0.4) is 0 Å². The van der Waals surface area contributed by atoms with E-state index in [1.165, 1.54) is 6.07 Å². The Kier molecular flexibility index (Phi) is 3.45. The highest BCUT2D eigenvalue weighted by molar-refractivity contribution is 8.04. The zero-order valence-electron chi connectivity index (χ0n) is 9.88. The molecule has 0 aliphatic heterocycles. The SMILES string of the molecule is C=C(Sc1cc(O)c2ccccc2c1C#N)C(N)=O. The summed E-state index contributed by atoms with van der Waals surface area (Å²) in [6.45, 7) is 3.53. The first-order chi connectivity index (χ1) is 9.04. The average molecular weight is 270 g/mol. The molecule has 0 heterocycles. The van der Waals surface area contributed by atoms with Crippen molar-refractivity contribution in [1.82, 2.24) is 0 Å². The number of hydrogen-bond donors (Lipinski definition) is 2. The predicted molar refractivity (Wildman–Crippen MR) is 74.5 cm³/mol. The van der Waals surface area contributed by atoms with E-state index in [0.29, 0.717) is 21.2 Å². The van der Waals surface area contributed by atoms with Crippen molar-refractivity contribution >= 4 is 28.4 Å². The Bertz CT molecular complexity index is 732. The van der Waals surface area contributed by atoms with Crippen LogP contribution in [0.1, 0.15) is 5.56 Å². The molecule has 0 radical (unpaired) electrons. The standard InChI is InChI=1S/C14H10N2O2S/c1-8(14(16)18)19-13-6-12(17)10-5-3-2-4-9(10)11(13)7-15/h2-6,17H,1H2,(H2,16,18). The highest BCUT2D eigenvalue weighted by Crippen LogP contribution is 2.37. The molecule has 5 heteroatoms. The first kappa shape index (κ1) is 13.0. The van der Waals surface area contributed by atoms with E-state index in [1.54, 1.807) is 24.3 Å². The van der Waals surface area contributed by atoms with E-state index >= 15 is 0 Å². The highest BCUT2D eigenvalue weighted by Gasteiger charge is 2.14. The van der Waals surface area contributed by atoms with Gasteiger partial charge >= 0.3 is 0 Å². The second-order valence-electron chi connectivity index (χ2n) is 3.82. The van der Waals surface area contributed by atoms with Gasteiger partial charge in [0.1, 0.15) is 11.8 Å². The van der Waals surface area contributed by atoms with Crippen LogP contribution in [0.4, 0.5) is 0 Å². The number of fused-ring (bicyclic) bond motifs is 1. The van der Waals surface area contributed by atoms with Crippen LogP contribution in [-0.4, -0.2) is 11.0 Å². The molecule has 2 rings (SSSR count). The molecule has 4 nitrogen and oxygen atoms in total. The van der Waals surface area contributed by atoms with E-state index in [4.69, 9.17) is 5.73 Å². The fraction of sp³-hybridized carbons (Fsp3) is 0. The Balaban J connectivity index is 2.66. The van der Waals surface area contributed by atoms with Crippen molar-refractivity contribution in [2.24, 2.45) is 5.73 Å². The van der Waals surface area contributed by atoms with Gasteiger partial charge in [-0.3, -0.25) is 4.79 Å². The Hall–Kier alpha value is -2.45. The van der Waals surface area contributed by atoms with Crippen LogP contribution in [0.25, 0.3) is 10.8 Å². The smallest absolute Gasteiger partial charge is 0.254 e. The van der Waals surface area contributed by atoms with Gasteiger partial charge in [-0.1, -0.05) is 42.6 Å². The number of benzene rings is 2. The van der Waals surface area contributed by atoms with Crippen molar-refractivity contribution in [1.29, 1.82) is 5.26 Å². The molecule has 3 N–H and O–H groups in total. The molecule has 0 aromatic heterocycles. The Morgan fingerprint density at radius 3 is 2.58 bits per heavy atom. The van der Waals surface area contributed by atoms with Crippen molar-refractivity contribution in [2.75, 3.05) is 0 Å². The molecule has 19 heavy (non-hydrogen) atoms. The monoisotopic (exact) mass is 270 g/mol. The Labute approximate surface area is 114 Å². The molecule has 0 bridgehead atoms. The summed E-state index contributed by atoms with van der Waals surface area (Å²) in [5.74, 6) is -0.601. The van der Waals surface area contributed by atoms with Gasteiger partial charge in [0.2, 0.25) is 0 Å². The zero-order chi connectivity index (χ0) is 14.0. The minimum absolute atomic E-state index is 0.0503. The molecule has 0 saturated carbocycles. The van der Waals surface area contributed by atoms with Crippen LogP contribution in [0.15, 0.2) is 46.7 Å². The largest absolute Gasteiger partial charge is 0.507 e. The number of amides is 1. The van der Waals surface area contributed by atoms with E-state index in [9.17, 15) is 15.2 Å². The summed E-state index contributed by atoms with van der Waals surface area (Å²) in [5, 5.41) is 20.4. The number of nitrogens with two attached hydrogens (primary N) is 1. The van der Waals surface area contributed by atoms with Crippen LogP contribution in [0, 0.1) is 11.3 Å². The number of phenolic OH excluding ortho intramolecular Hbond substituents is 1. The average Bonchev–Trinajstić information content (AvgIpc) is 2.39. The first-order valence-electron chi connectivity index (χ1n) is 5.36. The van der Waals surface area contributed by atoms with Gasteiger partial charge in [0.25, 0.3) is 5.91 Å². The topological polar surface area (TPSA) is 87.1 Å². The third kappa shape index (κ3) is 2.39. The molecular weight excluding hydrogens is 260 g/mol. The van der Waals surface area contributed by atoms with Crippen LogP contribution in [0.5, 0.6) is 5.75 Å². The van der Waals surface area contributed by atoms with Crippen molar-refractivity contribution in [2.45, 2.75) is 4.90 Å². The summed E-state index contributed by atoms with van der Waals surface area (Å²) >= 11 is 0.980. The van der Waals surface area contributed by atoms with Crippen molar-refractivity contribution in [3.63, 3.8) is 0 Å². The number of thioether (sulfide) groups is 1. The van der Waals surface area contributed by atoms with E-state index in [1.807, 2.05) is 0 Å². The van der Waals surface area contributed by atoms with Gasteiger partial charge in [0, 0.05) is 15.7 Å². The van der Waals surface area contributed by atoms with Crippen LogP contribution in [-0.2, 0) is 4.79 Å². The van der Waals surface area contributed by atoms with Gasteiger partial charge in [-0.2, -0.15) is 5.26 Å². The maximum atomic E-state index is 11.0. The minimum atomic E-state index is -0.651. The van der Waals surface area contributed by atoms with Crippen molar-refractivity contribution in [3.8, 4) is 11.8 Å². The van der Waals surface area contributed by atoms with E-state index in [2.05, 4.69) is 12.6 Å². The first-order valence-corrected chi connectivity index (χ1v) is 6.17. The molecule has 0 aliphatic carbocycles. The van der Waals surface area contributed by atoms with Gasteiger partial charge in [0.05, 0.1) is 10.5 Å². The maximum absolute atomic E-state index is 11.0. The Morgan fingerprint density at radius 1 is 1.37 bits per heavy atom. The fourth-order valence-corrected chi connectivity index (χ4v) is 2.50. The molecule has 0 saturated heterocycles. The number of primary amides is 1. The number of carbonyl (C=O) groups is 1. The predicted octanol–water partition coefficient (Wildman–Crippen LogP) is 2.51. The van der Waals surface area contributed by atoms with E-state index in [0.717, 1.165) is 11.8 Å². The maximum Gasteiger partial charge on any atom is 0.254 e. The molecule has 0 atom stereocenters. The second kappa shape index (κ2) is 5.04. The number of phenols is 1. The summed E-state index contributed by atoms with van der Waals surface area (Å²) in [6.07, 6.45) is 0. The third-order valence-electron chi connectivity index (χ3n) is 2.61. The van der Waals surface area contributed by atoms with Crippen molar-refractivity contribution in [3.05, 3.63) is 47.4 Å². The van der Waals surface area contributed by atoms with Gasteiger partial charge in [0.15, 0.2) is 0 Å². The summed E-state index contributed by atoms with van der Waals surface area (Å²) < 4.78 is 0. The fourth-order valence-electron chi connectivity index (χ4n) is 1.71. The lowest BCUT2D eigenvalue weighted by atomic mass is 10.0. The Morgan fingerprint density at radius 2 is 2.00 bits per heavy atom. The van der Waals surface area contributed by atoms with Gasteiger partial charge < -0.3 is 10.8 Å². The molecule has 0 spiro atoms. The number of carbonyl (C=O) groups excluding carboxylic acids is 1. The molecule has 0 aliphatic rings. The lowest BCUT2D eigenvalue weighted by Gasteiger charge is -2.09. The normalized spacial score (nSPS) is 10.1. The summed E-state index contributed by atoms with van der Waals surface area (Å²) in [4.78, 5) is 11.6. The van der Waals surface area contributed by atoms with Crippen LogP contribution in [0.2, 0.25) is 0 Å². The summed E-state index contributed by atoms with van der Waals surface area (Å²) in [7, 11) is 0. The lowest BCUT2D eigenvalue weighted by Crippen LogP contribution is -2.10. The molecule has 0 fully saturated rings. The number of nitriles is 1. The lowest BCUT2D eigenvalue weighted by molar-refractivity contribution is -0.113. The quantitative estimate of drug-likeness (QED) is 0.662. The molecule has 94 valence electrons. The highest BCUT2D eigenvalue weighted by atomic mass is 32.2. The van der Waals surface area contributed by atoms with Crippen LogP contribution < -0.4 is 5.73 Å². The number of aromatic hydroxyl groups is 1. The molecule has 0 unspecified atom stereocenters. The zero-order valence-corrected chi connectivity index (χ0v) is 10.7. The van der Waals surface area contributed by atoms with Gasteiger partial charge in [-0.15, -0.1) is 0 Å². The van der Waals surface area contributed by atoms with E-state index < -0.39 is 5.91 Å². The summed E-state index contributed by atoms with van der Waals surface area (Å²) in [5.41, 5.74) is 5.51. The molecule has 2 aromatic rings. The van der Waals surface area contributed by atoms with Crippen molar-refractivity contribution < 1.29 is 9.90 Å². The molecular formula is C14H10N2O2S. The minimum Gasteiger partial charge on any atom is -0.507 e. The van der Waals surface area contributed by atoms with Gasteiger partial charge in [-0.25, -0.2) is 0 Å². The number of nitrogens with zero attached hydrogens (tertiary/aromatic N) is 1. The number of hydrogen-bond acceptors (Lipinski definition) is 4. The summed E-state index contributed by atoms with van der Waals surface area (Å²) in [6, 6.07) is 10.5. The molecule has 1 amide bonds. The van der Waals surface area contributed by atoms with Gasteiger partial charge in [-0.05, 0) is 6.07 Å². The van der Waals surface area contributed by atoms with Crippen LogP contribution >= 0.6 is 11.8 Å². The third-order valence-corrected chi connectivity index (χ3v) is 3.60. The van der Waals surface area contributed by atoms with E-state index in [-0.39, 0.29) is 10.7 Å². The number of rotatable bonds is 3.